The van der Waals surface area contributed by atoms with E-state index >= 15 is 0 Å². The summed E-state index contributed by atoms with van der Waals surface area (Å²) >= 11 is 0. The first kappa shape index (κ1) is 26.4. The van der Waals surface area contributed by atoms with E-state index < -0.39 is 5.92 Å². The van der Waals surface area contributed by atoms with Gasteiger partial charge in [0.1, 0.15) is 0 Å². The number of unbranched alkanes of at least 4 members (excludes halogenated alkanes) is 10. The largest absolute Gasteiger partial charge is 0.465 e. The molecule has 1 aliphatic heterocycles. The third kappa shape index (κ3) is 10.4. The van der Waals surface area contributed by atoms with Crippen molar-refractivity contribution < 1.29 is 19.1 Å². The molecule has 172 valence electrons. The van der Waals surface area contributed by atoms with E-state index in [1.165, 1.54) is 51.4 Å². The molecule has 0 fully saturated rings. The number of allylic oxidation sites excluding steroid dienone is 1. The highest BCUT2D eigenvalue weighted by Crippen LogP contribution is 2.26. The Hall–Kier alpha value is -1.65. The maximum atomic E-state index is 12.5. The van der Waals surface area contributed by atoms with Gasteiger partial charge >= 0.3 is 11.9 Å². The van der Waals surface area contributed by atoms with Crippen LogP contribution in [0.15, 0.2) is 16.3 Å². The van der Waals surface area contributed by atoms with Crippen LogP contribution in [0.2, 0.25) is 0 Å². The van der Waals surface area contributed by atoms with Crippen LogP contribution in [-0.4, -0.2) is 30.9 Å². The molecule has 0 amide bonds. The van der Waals surface area contributed by atoms with Crippen molar-refractivity contribution in [3.63, 3.8) is 0 Å². The number of carbonyl (C=O) groups excluding carboxylic acids is 2. The van der Waals surface area contributed by atoms with Gasteiger partial charge in [-0.25, -0.2) is 4.79 Å². The Morgan fingerprint density at radius 3 is 1.87 bits per heavy atom. The minimum absolute atomic E-state index is 0.279. The lowest BCUT2D eigenvalue weighted by atomic mass is 9.91. The van der Waals surface area contributed by atoms with E-state index in [2.05, 4.69) is 18.8 Å². The smallest absolute Gasteiger partial charge is 0.335 e. The summed E-state index contributed by atoms with van der Waals surface area (Å²) in [5.74, 6) is -1.10. The molecule has 0 bridgehead atoms. The maximum absolute atomic E-state index is 12.5. The topological polar surface area (TPSA) is 65.0 Å². The third-order valence-electron chi connectivity index (χ3n) is 5.70. The van der Waals surface area contributed by atoms with Crippen molar-refractivity contribution in [1.29, 1.82) is 0 Å². The van der Waals surface area contributed by atoms with E-state index in [1.807, 2.05) is 13.8 Å². The number of aliphatic imine (C=N–C) groups is 1. The van der Waals surface area contributed by atoms with Gasteiger partial charge in [0, 0.05) is 11.4 Å². The van der Waals surface area contributed by atoms with Crippen molar-refractivity contribution in [2.24, 2.45) is 10.9 Å². The van der Waals surface area contributed by atoms with E-state index in [1.54, 1.807) is 0 Å². The normalized spacial score (nSPS) is 16.4. The summed E-state index contributed by atoms with van der Waals surface area (Å²) in [5, 5.41) is 0. The number of ether oxygens (including phenoxy) is 2. The minimum Gasteiger partial charge on any atom is -0.465 e. The molecule has 30 heavy (non-hydrogen) atoms. The van der Waals surface area contributed by atoms with E-state index in [4.69, 9.17) is 9.47 Å². The molecule has 0 spiro atoms. The predicted molar refractivity (Wildman–Crippen MR) is 123 cm³/mol. The van der Waals surface area contributed by atoms with Gasteiger partial charge < -0.3 is 9.47 Å². The zero-order valence-corrected chi connectivity index (χ0v) is 19.8. The molecule has 1 rings (SSSR count). The molecule has 0 saturated heterocycles. The summed E-state index contributed by atoms with van der Waals surface area (Å²) in [6.45, 7) is 8.91. The van der Waals surface area contributed by atoms with Gasteiger partial charge in [-0.1, -0.05) is 78.1 Å². The van der Waals surface area contributed by atoms with Crippen molar-refractivity contribution in [3.05, 3.63) is 11.3 Å². The number of carbonyl (C=O) groups is 2. The monoisotopic (exact) mass is 421 g/mol. The van der Waals surface area contributed by atoms with E-state index in [0.29, 0.717) is 36.6 Å². The number of nitrogens with zero attached hydrogens (tertiary/aromatic N) is 1. The number of hydrogen-bond donors (Lipinski definition) is 0. The Kier molecular flexibility index (Phi) is 14.2. The molecule has 1 heterocycles. The van der Waals surface area contributed by atoms with Crippen molar-refractivity contribution in [3.8, 4) is 0 Å². The summed E-state index contributed by atoms with van der Waals surface area (Å²) in [6.07, 6.45) is 14.1. The van der Waals surface area contributed by atoms with Crippen LogP contribution in [0, 0.1) is 5.92 Å². The number of esters is 2. The second-order valence-electron chi connectivity index (χ2n) is 8.41. The molecule has 0 aromatic heterocycles. The lowest BCUT2D eigenvalue weighted by molar-refractivity contribution is -0.146. The van der Waals surface area contributed by atoms with Gasteiger partial charge in [-0.3, -0.25) is 9.79 Å². The molecule has 0 radical (unpaired) electrons. The first-order valence-corrected chi connectivity index (χ1v) is 12.1. The quantitative estimate of drug-likeness (QED) is 0.209. The summed E-state index contributed by atoms with van der Waals surface area (Å²) in [5.41, 5.74) is 1.88. The fraction of sp³-hybridized carbons (Fsp3) is 0.800. The highest BCUT2D eigenvalue weighted by atomic mass is 16.5. The summed E-state index contributed by atoms with van der Waals surface area (Å²) in [7, 11) is 0. The fourth-order valence-corrected chi connectivity index (χ4v) is 3.68. The Morgan fingerprint density at radius 2 is 1.30 bits per heavy atom. The first-order chi connectivity index (χ1) is 14.5. The van der Waals surface area contributed by atoms with Gasteiger partial charge in [0.05, 0.1) is 24.7 Å². The van der Waals surface area contributed by atoms with Crippen LogP contribution in [0.1, 0.15) is 111 Å². The second-order valence-corrected chi connectivity index (χ2v) is 8.41. The lowest BCUT2D eigenvalue weighted by Crippen LogP contribution is -2.30. The van der Waals surface area contributed by atoms with E-state index in [9.17, 15) is 9.59 Å². The standard InChI is InChI=1S/C25H43NO4/c1-5-7-9-11-13-15-17-29-24(27)22-19-23(21(4)26-20(22)3)25(28)30-18-16-14-12-10-8-6-2/h22H,5-19H2,1-4H3. The summed E-state index contributed by atoms with van der Waals surface area (Å²) < 4.78 is 10.9. The van der Waals surface area contributed by atoms with E-state index in [-0.39, 0.29) is 11.9 Å². The second kappa shape index (κ2) is 16.1. The van der Waals surface area contributed by atoms with Gasteiger partial charge in [-0.2, -0.15) is 0 Å². The Morgan fingerprint density at radius 1 is 0.800 bits per heavy atom. The Labute approximate surface area is 183 Å². The molecule has 0 aromatic rings. The highest BCUT2D eigenvalue weighted by molar-refractivity contribution is 6.04. The Balaban J connectivity index is 2.37. The van der Waals surface area contributed by atoms with Crippen LogP contribution in [0.25, 0.3) is 0 Å². The maximum Gasteiger partial charge on any atom is 0.335 e. The molecular formula is C25H43NO4. The van der Waals surface area contributed by atoms with Crippen LogP contribution < -0.4 is 0 Å². The molecule has 0 aliphatic carbocycles. The van der Waals surface area contributed by atoms with Gasteiger partial charge in [-0.15, -0.1) is 0 Å². The van der Waals surface area contributed by atoms with Crippen LogP contribution in [-0.2, 0) is 19.1 Å². The molecule has 1 aliphatic rings. The van der Waals surface area contributed by atoms with Crippen LogP contribution in [0.3, 0.4) is 0 Å². The highest BCUT2D eigenvalue weighted by Gasteiger charge is 2.31. The predicted octanol–water partition coefficient (Wildman–Crippen LogP) is 6.55. The van der Waals surface area contributed by atoms with Crippen LogP contribution >= 0.6 is 0 Å². The third-order valence-corrected chi connectivity index (χ3v) is 5.70. The zero-order chi connectivity index (χ0) is 22.2. The van der Waals surface area contributed by atoms with E-state index in [0.717, 1.165) is 25.7 Å². The lowest BCUT2D eigenvalue weighted by Gasteiger charge is -2.22. The molecule has 0 aromatic carbocycles. The molecular weight excluding hydrogens is 378 g/mol. The van der Waals surface area contributed by atoms with Crippen molar-refractivity contribution >= 4 is 17.7 Å². The number of hydrogen-bond acceptors (Lipinski definition) is 5. The first-order valence-electron chi connectivity index (χ1n) is 12.1. The van der Waals surface area contributed by atoms with Gasteiger partial charge in [-0.05, 0) is 33.1 Å². The molecule has 5 nitrogen and oxygen atoms in total. The Bertz CT molecular complexity index is 580. The molecule has 0 N–H and O–H groups in total. The van der Waals surface area contributed by atoms with Gasteiger partial charge in [0.2, 0.25) is 0 Å². The molecule has 1 atom stereocenters. The SMILES string of the molecule is CCCCCCCCOC(=O)C1=C(C)N=C(C)C(C(=O)OCCCCCCCC)C1. The molecule has 1 unspecified atom stereocenters. The van der Waals surface area contributed by atoms with Gasteiger partial charge in [0.25, 0.3) is 0 Å². The van der Waals surface area contributed by atoms with Crippen LogP contribution in [0.4, 0.5) is 0 Å². The molecule has 0 saturated carbocycles. The van der Waals surface area contributed by atoms with Crippen LogP contribution in [0.5, 0.6) is 0 Å². The fourth-order valence-electron chi connectivity index (χ4n) is 3.68. The zero-order valence-electron chi connectivity index (χ0n) is 19.8. The van der Waals surface area contributed by atoms with Gasteiger partial charge in [0.15, 0.2) is 0 Å². The molecule has 5 heteroatoms. The number of rotatable bonds is 16. The summed E-state index contributed by atoms with van der Waals surface area (Å²) in [4.78, 5) is 29.5. The van der Waals surface area contributed by atoms with Crippen molar-refractivity contribution in [2.45, 2.75) is 111 Å². The van der Waals surface area contributed by atoms with Crippen molar-refractivity contribution in [2.75, 3.05) is 13.2 Å². The average molecular weight is 422 g/mol. The average Bonchev–Trinajstić information content (AvgIpc) is 2.72. The minimum atomic E-state index is -0.481. The summed E-state index contributed by atoms with van der Waals surface area (Å²) in [6, 6.07) is 0. The van der Waals surface area contributed by atoms with Crippen molar-refractivity contribution in [1.82, 2.24) is 0 Å².